The van der Waals surface area contributed by atoms with Crippen LogP contribution in [-0.2, 0) is 4.79 Å². The van der Waals surface area contributed by atoms with E-state index < -0.39 is 5.91 Å². The molecule has 1 aromatic heterocycles. The number of carbonyl (C=O) groups is 2. The molecule has 3 rings (SSSR count). The molecule has 0 aliphatic heterocycles. The average molecular weight is 524 g/mol. The Hall–Kier alpha value is -3.20. The first-order valence-corrected chi connectivity index (χ1v) is 14.2. The van der Waals surface area contributed by atoms with E-state index in [9.17, 15) is 9.59 Å². The predicted octanol–water partition coefficient (Wildman–Crippen LogP) is 4.65. The first-order chi connectivity index (χ1) is 18.5. The largest absolute Gasteiger partial charge is 0.366 e. The second-order valence-electron chi connectivity index (χ2n) is 10.2. The van der Waals surface area contributed by atoms with E-state index in [4.69, 9.17) is 11.5 Å². The van der Waals surface area contributed by atoms with Crippen molar-refractivity contribution in [2.24, 2.45) is 11.5 Å². The number of anilines is 2. The molecular formula is C29H45N7O2. The maximum absolute atomic E-state index is 11.8. The minimum Gasteiger partial charge on any atom is -0.366 e. The fourth-order valence-electron chi connectivity index (χ4n) is 4.96. The van der Waals surface area contributed by atoms with Crippen molar-refractivity contribution in [1.82, 2.24) is 14.9 Å². The summed E-state index contributed by atoms with van der Waals surface area (Å²) in [4.78, 5) is 34.0. The number of rotatable bonds is 16. The summed E-state index contributed by atoms with van der Waals surface area (Å²) in [5, 5.41) is 6.53. The highest BCUT2D eigenvalue weighted by Crippen LogP contribution is 2.24. The third kappa shape index (κ3) is 9.28. The Morgan fingerprint density at radius 2 is 2.05 bits per heavy atom. The summed E-state index contributed by atoms with van der Waals surface area (Å²) in [6.45, 7) is 3.49. The summed E-state index contributed by atoms with van der Waals surface area (Å²) >= 11 is 0. The molecule has 1 heterocycles. The molecule has 1 fully saturated rings. The fraction of sp³-hybridized carbons (Fsp3) is 0.586. The van der Waals surface area contributed by atoms with Crippen molar-refractivity contribution in [3.63, 3.8) is 0 Å². The van der Waals surface area contributed by atoms with Gasteiger partial charge in [-0.2, -0.15) is 4.98 Å². The molecule has 2 unspecified atom stereocenters. The second-order valence-corrected chi connectivity index (χ2v) is 10.2. The van der Waals surface area contributed by atoms with Crippen LogP contribution in [0.25, 0.3) is 0 Å². The van der Waals surface area contributed by atoms with Crippen molar-refractivity contribution in [3.05, 3.63) is 47.3 Å². The van der Waals surface area contributed by atoms with Gasteiger partial charge in [0.15, 0.2) is 0 Å². The van der Waals surface area contributed by atoms with Gasteiger partial charge < -0.3 is 27.0 Å². The lowest BCUT2D eigenvalue weighted by Crippen LogP contribution is -2.43. The smallest absolute Gasteiger partial charge is 0.254 e. The van der Waals surface area contributed by atoms with Crippen LogP contribution in [0.2, 0.25) is 0 Å². The average Bonchev–Trinajstić information content (AvgIpc) is 2.92. The van der Waals surface area contributed by atoms with Gasteiger partial charge in [-0.25, -0.2) is 4.98 Å². The minimum absolute atomic E-state index is 0.0758. The molecule has 2 aliphatic carbocycles. The molecule has 0 spiro atoms. The zero-order valence-corrected chi connectivity index (χ0v) is 22.8. The predicted molar refractivity (Wildman–Crippen MR) is 154 cm³/mol. The number of nitrogens with two attached hydrogens (primary N) is 2. The summed E-state index contributed by atoms with van der Waals surface area (Å²) in [5.41, 5.74) is 14.5. The molecule has 9 nitrogen and oxygen atoms in total. The van der Waals surface area contributed by atoms with Crippen LogP contribution in [0.1, 0.15) is 94.3 Å². The number of hydrogen-bond donors (Lipinski definition) is 4. The number of nitrogens with one attached hydrogen (secondary N) is 2. The van der Waals surface area contributed by atoms with Crippen LogP contribution in [0.4, 0.5) is 11.8 Å². The van der Waals surface area contributed by atoms with Crippen LogP contribution < -0.4 is 22.1 Å². The van der Waals surface area contributed by atoms with Crippen molar-refractivity contribution in [1.29, 1.82) is 0 Å². The van der Waals surface area contributed by atoms with Crippen LogP contribution in [0.15, 0.2) is 41.8 Å². The van der Waals surface area contributed by atoms with Crippen molar-refractivity contribution in [3.8, 4) is 0 Å². The molecule has 6 N–H and O–H groups in total. The van der Waals surface area contributed by atoms with Crippen molar-refractivity contribution in [2.45, 2.75) is 96.1 Å². The van der Waals surface area contributed by atoms with E-state index in [2.05, 4.69) is 45.8 Å². The van der Waals surface area contributed by atoms with E-state index in [1.165, 1.54) is 11.8 Å². The Morgan fingerprint density at radius 1 is 1.21 bits per heavy atom. The maximum atomic E-state index is 11.8. The van der Waals surface area contributed by atoms with Gasteiger partial charge in [-0.1, -0.05) is 50.0 Å². The van der Waals surface area contributed by atoms with Crippen molar-refractivity contribution in [2.75, 3.05) is 23.7 Å². The molecule has 0 bridgehead atoms. The van der Waals surface area contributed by atoms with Crippen LogP contribution >= 0.6 is 0 Å². The highest BCUT2D eigenvalue weighted by atomic mass is 16.1. The van der Waals surface area contributed by atoms with Gasteiger partial charge >= 0.3 is 0 Å². The summed E-state index contributed by atoms with van der Waals surface area (Å²) in [6, 6.07) is 0.208. The third-order valence-corrected chi connectivity index (χ3v) is 7.24. The first-order valence-electron chi connectivity index (χ1n) is 14.2. The normalized spacial score (nSPS) is 19.5. The SMILES string of the molecule is CCCCN(C=O)C1=CC(CCCC/C=C\CNc2nc(NC3CCCCC3N)ncc2C(N)=O)=CCC1. The van der Waals surface area contributed by atoms with E-state index in [1.54, 1.807) is 0 Å². The summed E-state index contributed by atoms with van der Waals surface area (Å²) in [5.74, 6) is 0.326. The number of carbonyl (C=O) groups excluding carboxylic acids is 2. The Kier molecular flexibility index (Phi) is 12.3. The molecule has 0 radical (unpaired) electrons. The Balaban J connectivity index is 1.41. The van der Waals surface area contributed by atoms with E-state index in [1.807, 2.05) is 11.0 Å². The molecular weight excluding hydrogens is 478 g/mol. The summed E-state index contributed by atoms with van der Waals surface area (Å²) in [6.07, 6.45) is 23.6. The van der Waals surface area contributed by atoms with Gasteiger partial charge in [-0.05, 0) is 63.9 Å². The van der Waals surface area contributed by atoms with Gasteiger partial charge in [0.25, 0.3) is 5.91 Å². The highest BCUT2D eigenvalue weighted by molar-refractivity contribution is 5.97. The molecule has 1 saturated carbocycles. The molecule has 2 amide bonds. The van der Waals surface area contributed by atoms with Gasteiger partial charge in [0.1, 0.15) is 5.82 Å². The van der Waals surface area contributed by atoms with E-state index in [-0.39, 0.29) is 17.6 Å². The molecule has 2 atom stereocenters. The summed E-state index contributed by atoms with van der Waals surface area (Å²) < 4.78 is 0. The van der Waals surface area contributed by atoms with E-state index in [0.29, 0.717) is 18.3 Å². The molecule has 0 aromatic carbocycles. The highest BCUT2D eigenvalue weighted by Gasteiger charge is 2.23. The number of nitrogens with zero attached hydrogens (tertiary/aromatic N) is 3. The van der Waals surface area contributed by atoms with Crippen LogP contribution in [-0.4, -0.2) is 52.4 Å². The van der Waals surface area contributed by atoms with Gasteiger partial charge in [-0.15, -0.1) is 0 Å². The lowest BCUT2D eigenvalue weighted by molar-refractivity contribution is -0.116. The Morgan fingerprint density at radius 3 is 2.82 bits per heavy atom. The quantitative estimate of drug-likeness (QED) is 0.140. The van der Waals surface area contributed by atoms with Crippen LogP contribution in [0.3, 0.4) is 0 Å². The van der Waals surface area contributed by atoms with Crippen LogP contribution in [0, 0.1) is 0 Å². The topological polar surface area (TPSA) is 139 Å². The molecule has 208 valence electrons. The Bertz CT molecular complexity index is 1000. The number of amides is 2. The maximum Gasteiger partial charge on any atom is 0.254 e. The third-order valence-electron chi connectivity index (χ3n) is 7.24. The lowest BCUT2D eigenvalue weighted by atomic mass is 9.91. The van der Waals surface area contributed by atoms with Crippen LogP contribution in [0.5, 0.6) is 0 Å². The van der Waals surface area contributed by atoms with Gasteiger partial charge in [-0.3, -0.25) is 9.59 Å². The molecule has 38 heavy (non-hydrogen) atoms. The van der Waals surface area contributed by atoms with E-state index in [0.717, 1.165) is 95.7 Å². The standard InChI is InChI=1S/C29H45N7O2/c1-2-3-18-36(21-37)23-14-11-13-22(19-23)12-7-5-4-6-10-17-32-28-24(27(31)38)20-33-29(35-28)34-26-16-9-8-15-25(26)30/h6,10,13,19-21,25-26H,2-5,7-9,11-12,14-18,30H2,1H3,(H2,31,38)(H2,32,33,34,35)/b10-6-. The zero-order valence-electron chi connectivity index (χ0n) is 22.8. The lowest BCUT2D eigenvalue weighted by Gasteiger charge is -2.29. The number of aromatic nitrogens is 2. The Labute approximate surface area is 227 Å². The van der Waals surface area contributed by atoms with Crippen molar-refractivity contribution >= 4 is 24.1 Å². The molecule has 0 saturated heterocycles. The minimum atomic E-state index is -0.562. The summed E-state index contributed by atoms with van der Waals surface area (Å²) in [7, 11) is 0. The van der Waals surface area contributed by atoms with Crippen molar-refractivity contribution < 1.29 is 9.59 Å². The fourth-order valence-corrected chi connectivity index (χ4v) is 4.96. The number of allylic oxidation sites excluding steroid dienone is 5. The first kappa shape index (κ1) is 29.4. The molecule has 9 heteroatoms. The number of primary amides is 1. The molecule has 1 aromatic rings. The van der Waals surface area contributed by atoms with Gasteiger partial charge in [0.2, 0.25) is 12.4 Å². The monoisotopic (exact) mass is 523 g/mol. The van der Waals surface area contributed by atoms with E-state index >= 15 is 0 Å². The number of hydrogen-bond acceptors (Lipinski definition) is 7. The van der Waals surface area contributed by atoms with Gasteiger partial charge in [0, 0.05) is 37.1 Å². The second kappa shape index (κ2) is 15.9. The molecule has 2 aliphatic rings. The van der Waals surface area contributed by atoms with Gasteiger partial charge in [0.05, 0.1) is 5.56 Å². The zero-order chi connectivity index (χ0) is 27.2. The number of unbranched alkanes of at least 4 members (excludes halogenated alkanes) is 3.